The summed E-state index contributed by atoms with van der Waals surface area (Å²) in [6, 6.07) is 11.9. The van der Waals surface area contributed by atoms with Crippen molar-refractivity contribution in [2.75, 3.05) is 17.2 Å². The van der Waals surface area contributed by atoms with E-state index >= 15 is 0 Å². The lowest BCUT2D eigenvalue weighted by Crippen LogP contribution is -2.17. The van der Waals surface area contributed by atoms with Gasteiger partial charge in [0.05, 0.1) is 6.61 Å². The van der Waals surface area contributed by atoms with Gasteiger partial charge in [0.1, 0.15) is 5.75 Å². The number of rotatable bonds is 7. The molecule has 2 N–H and O–H groups in total. The Morgan fingerprint density at radius 1 is 1.00 bits per heavy atom. The Balaban J connectivity index is 2.01. The summed E-state index contributed by atoms with van der Waals surface area (Å²) in [7, 11) is 0. The smallest absolute Gasteiger partial charge is 0.411 e. The van der Waals surface area contributed by atoms with Gasteiger partial charge >= 0.3 is 12.7 Å². The number of anilines is 2. The van der Waals surface area contributed by atoms with E-state index in [0.717, 1.165) is 0 Å². The number of benzene rings is 2. The molecule has 6 nitrogen and oxygen atoms in total. The first kappa shape index (κ1) is 20.2. The van der Waals surface area contributed by atoms with E-state index < -0.39 is 18.6 Å². The molecule has 0 saturated heterocycles. The van der Waals surface area contributed by atoms with Crippen LogP contribution in [0.4, 0.5) is 25.0 Å². The van der Waals surface area contributed by atoms with E-state index in [2.05, 4.69) is 15.4 Å². The first-order valence-corrected chi connectivity index (χ1v) is 8.23. The van der Waals surface area contributed by atoms with Gasteiger partial charge in [0.25, 0.3) is 5.91 Å². The number of carbonyl (C=O) groups is 2. The van der Waals surface area contributed by atoms with Crippen LogP contribution in [0.2, 0.25) is 0 Å². The van der Waals surface area contributed by atoms with Gasteiger partial charge in [-0.2, -0.15) is 8.78 Å². The summed E-state index contributed by atoms with van der Waals surface area (Å²) in [4.78, 5) is 24.0. The number of nitrogens with one attached hydrogen (secondary N) is 2. The minimum absolute atomic E-state index is 0.110. The highest BCUT2D eigenvalue weighted by Crippen LogP contribution is 2.19. The normalized spacial score (nSPS) is 10.6. The van der Waals surface area contributed by atoms with Gasteiger partial charge in [-0.15, -0.1) is 0 Å². The minimum Gasteiger partial charge on any atom is -0.449 e. The van der Waals surface area contributed by atoms with Crippen LogP contribution in [-0.4, -0.2) is 25.2 Å². The van der Waals surface area contributed by atoms with Crippen molar-refractivity contribution < 1.29 is 27.8 Å². The second-order valence-electron chi connectivity index (χ2n) is 6.06. The fourth-order valence-corrected chi connectivity index (χ4v) is 2.09. The van der Waals surface area contributed by atoms with Gasteiger partial charge in [0, 0.05) is 16.9 Å². The van der Waals surface area contributed by atoms with E-state index in [1.165, 1.54) is 24.3 Å². The van der Waals surface area contributed by atoms with Crippen molar-refractivity contribution in [3.63, 3.8) is 0 Å². The van der Waals surface area contributed by atoms with Crippen molar-refractivity contribution in [1.82, 2.24) is 0 Å². The largest absolute Gasteiger partial charge is 0.449 e. The van der Waals surface area contributed by atoms with E-state index in [4.69, 9.17) is 4.74 Å². The van der Waals surface area contributed by atoms with E-state index in [9.17, 15) is 18.4 Å². The summed E-state index contributed by atoms with van der Waals surface area (Å²) in [6.45, 7) is 1.16. The molecule has 0 radical (unpaired) electrons. The summed E-state index contributed by atoms with van der Waals surface area (Å²) in [5.41, 5.74) is 1.01. The minimum atomic E-state index is -2.97. The summed E-state index contributed by atoms with van der Waals surface area (Å²) in [6.07, 6.45) is -0.593. The number of alkyl halides is 2. The Morgan fingerprint density at radius 3 is 2.33 bits per heavy atom. The molecular weight excluding hydrogens is 358 g/mol. The molecule has 0 saturated carbocycles. The number of amides is 2. The molecule has 8 heteroatoms. The molecule has 2 amide bonds. The first-order valence-electron chi connectivity index (χ1n) is 8.23. The molecule has 2 rings (SSSR count). The van der Waals surface area contributed by atoms with Gasteiger partial charge in [0.15, 0.2) is 0 Å². The summed E-state index contributed by atoms with van der Waals surface area (Å²) < 4.78 is 33.9. The van der Waals surface area contributed by atoms with Crippen molar-refractivity contribution >= 4 is 23.4 Å². The lowest BCUT2D eigenvalue weighted by molar-refractivity contribution is -0.0498. The van der Waals surface area contributed by atoms with Gasteiger partial charge in [-0.05, 0) is 42.3 Å². The quantitative estimate of drug-likeness (QED) is 0.729. The maximum Gasteiger partial charge on any atom is 0.411 e. The molecule has 0 heterocycles. The zero-order valence-corrected chi connectivity index (χ0v) is 14.9. The molecule has 0 aliphatic heterocycles. The Morgan fingerprint density at radius 2 is 1.67 bits per heavy atom. The predicted octanol–water partition coefficient (Wildman–Crippen LogP) is 4.74. The lowest BCUT2D eigenvalue weighted by atomic mass is 10.2. The average molecular weight is 378 g/mol. The molecule has 0 aliphatic rings. The number of carbonyl (C=O) groups excluding carboxylic acids is 2. The standard InChI is InChI=1S/C19H20F2N2O4/c1-12(2)11-26-19(25)23-15-7-4-6-14(10-15)22-17(24)13-5-3-8-16(9-13)27-18(20)21/h3-10,12,18H,11H2,1-2H3,(H,22,24)(H,23,25). The van der Waals surface area contributed by atoms with Crippen LogP contribution < -0.4 is 15.4 Å². The molecule has 144 valence electrons. The Labute approximate surface area is 155 Å². The second kappa shape index (κ2) is 9.51. The van der Waals surface area contributed by atoms with Gasteiger partial charge in [0.2, 0.25) is 0 Å². The third-order valence-electron chi connectivity index (χ3n) is 3.24. The number of halogens is 2. The summed E-state index contributed by atoms with van der Waals surface area (Å²) in [5, 5.41) is 5.19. The van der Waals surface area contributed by atoms with E-state index in [1.807, 2.05) is 13.8 Å². The maximum absolute atomic E-state index is 12.3. The van der Waals surface area contributed by atoms with E-state index in [1.54, 1.807) is 24.3 Å². The molecule has 0 bridgehead atoms. The van der Waals surface area contributed by atoms with Crippen LogP contribution in [0, 0.1) is 5.92 Å². The van der Waals surface area contributed by atoms with Crippen molar-refractivity contribution in [3.05, 3.63) is 54.1 Å². The Hall–Kier alpha value is -3.16. The lowest BCUT2D eigenvalue weighted by Gasteiger charge is -2.11. The molecule has 0 atom stereocenters. The van der Waals surface area contributed by atoms with Crippen LogP contribution in [0.1, 0.15) is 24.2 Å². The highest BCUT2D eigenvalue weighted by atomic mass is 19.3. The van der Waals surface area contributed by atoms with Crippen molar-refractivity contribution in [3.8, 4) is 5.75 Å². The fraction of sp³-hybridized carbons (Fsp3) is 0.263. The molecule has 0 fully saturated rings. The van der Waals surface area contributed by atoms with Crippen molar-refractivity contribution in [1.29, 1.82) is 0 Å². The van der Waals surface area contributed by atoms with Crippen molar-refractivity contribution in [2.45, 2.75) is 20.5 Å². The summed E-state index contributed by atoms with van der Waals surface area (Å²) >= 11 is 0. The second-order valence-corrected chi connectivity index (χ2v) is 6.06. The van der Waals surface area contributed by atoms with Gasteiger partial charge < -0.3 is 14.8 Å². The number of ether oxygens (including phenoxy) is 2. The highest BCUT2D eigenvalue weighted by Gasteiger charge is 2.11. The number of hydrogen-bond donors (Lipinski definition) is 2. The molecule has 0 aromatic heterocycles. The third kappa shape index (κ3) is 6.93. The van der Waals surface area contributed by atoms with Crippen LogP contribution in [-0.2, 0) is 4.74 Å². The predicted molar refractivity (Wildman–Crippen MR) is 97.3 cm³/mol. The SMILES string of the molecule is CC(C)COC(=O)Nc1cccc(NC(=O)c2cccc(OC(F)F)c2)c1. The first-order chi connectivity index (χ1) is 12.8. The van der Waals surface area contributed by atoms with Crippen LogP contribution in [0.15, 0.2) is 48.5 Å². The topological polar surface area (TPSA) is 76.7 Å². The van der Waals surface area contributed by atoms with Crippen LogP contribution >= 0.6 is 0 Å². The molecule has 0 unspecified atom stereocenters. The average Bonchev–Trinajstić information content (AvgIpc) is 2.60. The van der Waals surface area contributed by atoms with Gasteiger partial charge in [-0.25, -0.2) is 4.79 Å². The van der Waals surface area contributed by atoms with Crippen molar-refractivity contribution in [2.24, 2.45) is 5.92 Å². The summed E-state index contributed by atoms with van der Waals surface area (Å²) in [5.74, 6) is -0.401. The zero-order valence-electron chi connectivity index (χ0n) is 14.9. The van der Waals surface area contributed by atoms with E-state index in [-0.39, 0.29) is 17.2 Å². The molecule has 0 spiro atoms. The number of hydrogen-bond acceptors (Lipinski definition) is 4. The van der Waals surface area contributed by atoms with Gasteiger partial charge in [-0.1, -0.05) is 26.0 Å². The fourth-order valence-electron chi connectivity index (χ4n) is 2.09. The van der Waals surface area contributed by atoms with Crippen LogP contribution in [0.5, 0.6) is 5.75 Å². The highest BCUT2D eigenvalue weighted by molar-refractivity contribution is 6.04. The maximum atomic E-state index is 12.3. The Bertz CT molecular complexity index is 797. The molecule has 0 aliphatic carbocycles. The van der Waals surface area contributed by atoms with E-state index in [0.29, 0.717) is 18.0 Å². The van der Waals surface area contributed by atoms with Gasteiger partial charge in [-0.3, -0.25) is 10.1 Å². The monoisotopic (exact) mass is 378 g/mol. The Kier molecular flexibility index (Phi) is 7.10. The molecule has 2 aromatic carbocycles. The molecule has 2 aromatic rings. The van der Waals surface area contributed by atoms with Crippen LogP contribution in [0.3, 0.4) is 0 Å². The van der Waals surface area contributed by atoms with Crippen LogP contribution in [0.25, 0.3) is 0 Å². The third-order valence-corrected chi connectivity index (χ3v) is 3.24. The molecule has 27 heavy (non-hydrogen) atoms. The molecular formula is C19H20F2N2O4. The zero-order chi connectivity index (χ0) is 19.8.